The van der Waals surface area contributed by atoms with Gasteiger partial charge in [-0.1, -0.05) is 30.3 Å². The van der Waals surface area contributed by atoms with E-state index in [0.717, 1.165) is 5.56 Å². The van der Waals surface area contributed by atoms with Crippen LogP contribution in [-0.2, 0) is 9.53 Å². The quantitative estimate of drug-likeness (QED) is 0.224. The highest BCUT2D eigenvalue weighted by Crippen LogP contribution is 2.37. The molecule has 0 radical (unpaired) electrons. The van der Waals surface area contributed by atoms with Crippen molar-refractivity contribution in [2.75, 3.05) is 14.2 Å². The largest absolute Gasteiger partial charge is 0.493 e. The fourth-order valence-corrected chi connectivity index (χ4v) is 4.37. The van der Waals surface area contributed by atoms with E-state index < -0.39 is 23.4 Å². The van der Waals surface area contributed by atoms with E-state index in [1.165, 1.54) is 50.1 Å². The van der Waals surface area contributed by atoms with Gasteiger partial charge in [0.2, 0.25) is 0 Å². The van der Waals surface area contributed by atoms with Crippen molar-refractivity contribution in [3.8, 4) is 28.7 Å². The van der Waals surface area contributed by atoms with Gasteiger partial charge in [0, 0.05) is 48.5 Å². The van der Waals surface area contributed by atoms with E-state index >= 15 is 4.39 Å². The third-order valence-corrected chi connectivity index (χ3v) is 6.25. The minimum atomic E-state index is -0.748. The minimum absolute atomic E-state index is 0.0327. The molecule has 0 fully saturated rings. The van der Waals surface area contributed by atoms with Crippen LogP contribution in [0.4, 0.5) is 4.39 Å². The van der Waals surface area contributed by atoms with Gasteiger partial charge in [0.15, 0.2) is 29.2 Å². The first-order valence-electron chi connectivity index (χ1n) is 12.3. The normalized spacial score (nSPS) is 11.6. The van der Waals surface area contributed by atoms with Crippen LogP contribution in [0.3, 0.4) is 0 Å². The molecular formula is C31H25FN2O6. The molecule has 1 atom stereocenters. The van der Waals surface area contributed by atoms with Crippen LogP contribution in [0.15, 0.2) is 96.1 Å². The number of esters is 1. The Morgan fingerprint density at radius 3 is 2.27 bits per heavy atom. The Hall–Kier alpha value is -5.18. The van der Waals surface area contributed by atoms with Crippen LogP contribution < -0.4 is 19.8 Å². The molecule has 2 aromatic heterocycles. The zero-order valence-corrected chi connectivity index (χ0v) is 22.0. The molecule has 0 aliphatic rings. The van der Waals surface area contributed by atoms with Crippen molar-refractivity contribution in [3.63, 3.8) is 0 Å². The summed E-state index contributed by atoms with van der Waals surface area (Å²) in [6, 6.07) is 21.4. The van der Waals surface area contributed by atoms with E-state index in [0.29, 0.717) is 39.4 Å². The van der Waals surface area contributed by atoms with Crippen molar-refractivity contribution in [2.24, 2.45) is 0 Å². The standard InChI is InChI=1S/C31H25FN2O6/c1-19(35)39-31(20-7-5-4-6-8-20)21-12-14-34(30(36)15-21)22-9-10-27(24(32)16-22)40-26-11-13-33-25-18-29(38-3)28(37-2)17-23(25)26/h4-18,31H,1-3H3. The molecule has 0 aliphatic carbocycles. The maximum atomic E-state index is 15.2. The number of nitrogens with zero attached hydrogens (tertiary/aromatic N) is 2. The van der Waals surface area contributed by atoms with E-state index in [4.69, 9.17) is 18.9 Å². The molecule has 0 N–H and O–H groups in total. The Bertz CT molecular complexity index is 1750. The minimum Gasteiger partial charge on any atom is -0.493 e. The second kappa shape index (κ2) is 11.3. The number of benzene rings is 3. The number of ether oxygens (including phenoxy) is 4. The molecule has 0 saturated carbocycles. The van der Waals surface area contributed by atoms with Crippen molar-refractivity contribution in [3.05, 3.63) is 119 Å². The average Bonchev–Trinajstić information content (AvgIpc) is 2.96. The van der Waals surface area contributed by atoms with Gasteiger partial charge in [0.25, 0.3) is 5.56 Å². The summed E-state index contributed by atoms with van der Waals surface area (Å²) >= 11 is 0. The first-order chi connectivity index (χ1) is 19.4. The summed E-state index contributed by atoms with van der Waals surface area (Å²) in [5.41, 5.74) is 1.69. The smallest absolute Gasteiger partial charge is 0.303 e. The van der Waals surface area contributed by atoms with Gasteiger partial charge < -0.3 is 18.9 Å². The van der Waals surface area contributed by atoms with Crippen LogP contribution in [0.25, 0.3) is 16.6 Å². The van der Waals surface area contributed by atoms with Gasteiger partial charge >= 0.3 is 5.97 Å². The summed E-state index contributed by atoms with van der Waals surface area (Å²) in [5.74, 6) is 0.187. The molecule has 1 unspecified atom stereocenters. The third kappa shape index (κ3) is 5.35. The molecule has 9 heteroatoms. The van der Waals surface area contributed by atoms with Crippen molar-refractivity contribution in [1.29, 1.82) is 0 Å². The van der Waals surface area contributed by atoms with Gasteiger partial charge in [-0.15, -0.1) is 0 Å². The molecule has 40 heavy (non-hydrogen) atoms. The van der Waals surface area contributed by atoms with Gasteiger partial charge in [0.05, 0.1) is 25.4 Å². The number of rotatable bonds is 8. The molecule has 3 aromatic carbocycles. The number of pyridine rings is 2. The van der Waals surface area contributed by atoms with Gasteiger partial charge in [-0.05, 0) is 35.9 Å². The SMILES string of the molecule is COc1cc2nccc(Oc3ccc(-n4ccc(C(OC(C)=O)c5ccccc5)cc4=O)cc3F)c2cc1OC. The third-order valence-electron chi connectivity index (χ3n) is 6.25. The molecule has 2 heterocycles. The lowest BCUT2D eigenvalue weighted by atomic mass is 10.0. The van der Waals surface area contributed by atoms with Crippen molar-refractivity contribution in [2.45, 2.75) is 13.0 Å². The van der Waals surface area contributed by atoms with Crippen LogP contribution in [0.2, 0.25) is 0 Å². The number of hydrogen-bond donors (Lipinski definition) is 0. The molecule has 0 spiro atoms. The summed E-state index contributed by atoms with van der Waals surface area (Å²) in [5, 5.41) is 0.608. The summed E-state index contributed by atoms with van der Waals surface area (Å²) in [6.07, 6.45) is 2.32. The molecule has 0 bridgehead atoms. The second-order valence-electron chi connectivity index (χ2n) is 8.82. The van der Waals surface area contributed by atoms with Crippen LogP contribution in [0.5, 0.6) is 23.0 Å². The van der Waals surface area contributed by atoms with Crippen LogP contribution in [0, 0.1) is 5.82 Å². The predicted octanol–water partition coefficient (Wildman–Crippen LogP) is 5.99. The van der Waals surface area contributed by atoms with E-state index in [9.17, 15) is 9.59 Å². The summed E-state index contributed by atoms with van der Waals surface area (Å²) in [7, 11) is 3.05. The molecule has 5 aromatic rings. The number of fused-ring (bicyclic) bond motifs is 1. The Morgan fingerprint density at radius 1 is 0.850 bits per heavy atom. The maximum absolute atomic E-state index is 15.2. The van der Waals surface area contributed by atoms with E-state index in [-0.39, 0.29) is 5.75 Å². The lowest BCUT2D eigenvalue weighted by Crippen LogP contribution is -2.20. The highest BCUT2D eigenvalue weighted by Gasteiger charge is 2.19. The Labute approximate surface area is 229 Å². The van der Waals surface area contributed by atoms with Crippen molar-refractivity contribution in [1.82, 2.24) is 9.55 Å². The van der Waals surface area contributed by atoms with E-state index in [1.54, 1.807) is 36.5 Å². The molecule has 0 amide bonds. The first-order valence-corrected chi connectivity index (χ1v) is 12.3. The highest BCUT2D eigenvalue weighted by molar-refractivity contribution is 5.88. The monoisotopic (exact) mass is 540 g/mol. The van der Waals surface area contributed by atoms with Crippen molar-refractivity contribution < 1.29 is 28.1 Å². The number of methoxy groups -OCH3 is 2. The van der Waals surface area contributed by atoms with Crippen LogP contribution >= 0.6 is 0 Å². The summed E-state index contributed by atoms with van der Waals surface area (Å²) in [4.78, 5) is 29.1. The number of carbonyl (C=O) groups is 1. The lowest BCUT2D eigenvalue weighted by molar-refractivity contribution is -0.144. The Kier molecular flexibility index (Phi) is 7.46. The van der Waals surface area contributed by atoms with Gasteiger partial charge in [-0.25, -0.2) is 4.39 Å². The predicted molar refractivity (Wildman–Crippen MR) is 147 cm³/mol. The maximum Gasteiger partial charge on any atom is 0.303 e. The van der Waals surface area contributed by atoms with Gasteiger partial charge in [-0.2, -0.15) is 0 Å². The lowest BCUT2D eigenvalue weighted by Gasteiger charge is -2.18. The van der Waals surface area contributed by atoms with Gasteiger partial charge in [-0.3, -0.25) is 19.1 Å². The number of carbonyl (C=O) groups excluding carboxylic acids is 1. The fourth-order valence-electron chi connectivity index (χ4n) is 4.37. The number of halogens is 1. The molecular weight excluding hydrogens is 515 g/mol. The number of aromatic nitrogens is 2. The van der Waals surface area contributed by atoms with Crippen LogP contribution in [0.1, 0.15) is 24.2 Å². The van der Waals surface area contributed by atoms with Crippen LogP contribution in [-0.4, -0.2) is 29.7 Å². The Balaban J connectivity index is 1.45. The zero-order chi connectivity index (χ0) is 28.2. The topological polar surface area (TPSA) is 88.9 Å². The Morgan fingerprint density at radius 2 is 1.60 bits per heavy atom. The molecule has 202 valence electrons. The molecule has 0 aliphatic heterocycles. The first kappa shape index (κ1) is 26.4. The summed E-state index contributed by atoms with van der Waals surface area (Å²) < 4.78 is 38.6. The van der Waals surface area contributed by atoms with Crippen molar-refractivity contribution >= 4 is 16.9 Å². The highest BCUT2D eigenvalue weighted by atomic mass is 19.1. The summed E-state index contributed by atoms with van der Waals surface area (Å²) in [6.45, 7) is 1.31. The van der Waals surface area contributed by atoms with E-state index in [1.807, 2.05) is 30.3 Å². The fraction of sp³-hybridized carbons (Fsp3) is 0.129. The molecule has 0 saturated heterocycles. The molecule has 8 nitrogen and oxygen atoms in total. The van der Waals surface area contributed by atoms with Gasteiger partial charge in [0.1, 0.15) is 5.75 Å². The molecule has 5 rings (SSSR count). The number of hydrogen-bond acceptors (Lipinski definition) is 7. The van der Waals surface area contributed by atoms with E-state index in [2.05, 4.69) is 4.98 Å². The zero-order valence-electron chi connectivity index (χ0n) is 22.0. The average molecular weight is 541 g/mol. The second-order valence-corrected chi connectivity index (χ2v) is 8.82.